The largest absolute Gasteiger partial charge is 0.293 e. The zero-order valence-corrected chi connectivity index (χ0v) is 12.9. The lowest BCUT2D eigenvalue weighted by Crippen LogP contribution is -2.26. The van der Waals surface area contributed by atoms with Crippen LogP contribution in [-0.2, 0) is 6.54 Å². The highest BCUT2D eigenvalue weighted by Gasteiger charge is 2.09. The van der Waals surface area contributed by atoms with Gasteiger partial charge in [0.25, 0.3) is 0 Å². The van der Waals surface area contributed by atoms with Gasteiger partial charge < -0.3 is 0 Å². The van der Waals surface area contributed by atoms with E-state index in [1.807, 2.05) is 54.4 Å². The lowest BCUT2D eigenvalue weighted by Gasteiger charge is -2.15. The molecule has 0 spiro atoms. The first-order valence-corrected chi connectivity index (χ1v) is 7.10. The molecular weight excluding hydrogens is 351 g/mol. The highest BCUT2D eigenvalue weighted by Crippen LogP contribution is 2.08. The maximum atomic E-state index is 12.1. The Morgan fingerprint density at radius 2 is 1.95 bits per heavy atom. The van der Waals surface area contributed by atoms with Crippen LogP contribution in [0.25, 0.3) is 0 Å². The molecule has 98 valence electrons. The maximum absolute atomic E-state index is 12.1. The van der Waals surface area contributed by atoms with Gasteiger partial charge in [0.2, 0.25) is 0 Å². The van der Waals surface area contributed by atoms with Gasteiger partial charge in [-0.1, -0.05) is 18.2 Å². The quantitative estimate of drug-likeness (QED) is 0.603. The van der Waals surface area contributed by atoms with Gasteiger partial charge in [0.05, 0.1) is 12.2 Å². The Bertz CT molecular complexity index is 540. The molecule has 0 radical (unpaired) electrons. The lowest BCUT2D eigenvalue weighted by molar-refractivity contribution is 0.0942. The van der Waals surface area contributed by atoms with Gasteiger partial charge in [-0.15, -0.1) is 0 Å². The summed E-state index contributed by atoms with van der Waals surface area (Å²) in [6.45, 7) is 1.08. The Labute approximate surface area is 126 Å². The Kier molecular flexibility index (Phi) is 5.04. The third-order valence-corrected chi connectivity index (χ3v) is 3.46. The molecule has 0 unspecified atom stereocenters. The first-order chi connectivity index (χ1) is 9.15. The van der Waals surface area contributed by atoms with Crippen LogP contribution in [0.3, 0.4) is 0 Å². The fraction of sp³-hybridized carbons (Fsp3) is 0.200. The molecule has 2 rings (SSSR count). The number of pyridine rings is 1. The standard InChI is InChI=1S/C15H15IN2O/c1-18(10-14-4-2-3-9-17-14)11-15(19)12-5-7-13(16)8-6-12/h2-9H,10-11H2,1H3. The van der Waals surface area contributed by atoms with Crippen molar-refractivity contribution in [1.82, 2.24) is 9.88 Å². The summed E-state index contributed by atoms with van der Waals surface area (Å²) in [5, 5.41) is 0. The van der Waals surface area contributed by atoms with Crippen molar-refractivity contribution in [3.63, 3.8) is 0 Å². The highest BCUT2D eigenvalue weighted by atomic mass is 127. The summed E-state index contributed by atoms with van der Waals surface area (Å²) in [7, 11) is 1.93. The third-order valence-electron chi connectivity index (χ3n) is 2.74. The molecule has 0 N–H and O–H groups in total. The van der Waals surface area contributed by atoms with Crippen LogP contribution in [0.1, 0.15) is 16.1 Å². The number of rotatable bonds is 5. The van der Waals surface area contributed by atoms with Crippen molar-refractivity contribution in [3.8, 4) is 0 Å². The minimum Gasteiger partial charge on any atom is -0.293 e. The molecule has 0 aliphatic carbocycles. The zero-order chi connectivity index (χ0) is 13.7. The fourth-order valence-corrected chi connectivity index (χ4v) is 2.16. The van der Waals surface area contributed by atoms with Gasteiger partial charge in [-0.25, -0.2) is 0 Å². The molecule has 0 saturated heterocycles. The van der Waals surface area contributed by atoms with E-state index in [0.29, 0.717) is 13.1 Å². The van der Waals surface area contributed by atoms with E-state index in [1.54, 1.807) is 6.20 Å². The van der Waals surface area contributed by atoms with Crippen molar-refractivity contribution in [1.29, 1.82) is 0 Å². The smallest absolute Gasteiger partial charge is 0.176 e. The summed E-state index contributed by atoms with van der Waals surface area (Å²) < 4.78 is 1.14. The maximum Gasteiger partial charge on any atom is 0.176 e. The zero-order valence-electron chi connectivity index (χ0n) is 10.7. The molecule has 0 bridgehead atoms. The average Bonchev–Trinajstić information content (AvgIpc) is 2.40. The SMILES string of the molecule is CN(CC(=O)c1ccc(I)cc1)Cc1ccccn1. The van der Waals surface area contributed by atoms with E-state index in [0.717, 1.165) is 14.8 Å². The van der Waals surface area contributed by atoms with E-state index in [9.17, 15) is 4.79 Å². The predicted molar refractivity (Wildman–Crippen MR) is 84.1 cm³/mol. The van der Waals surface area contributed by atoms with Crippen molar-refractivity contribution in [3.05, 3.63) is 63.5 Å². The number of nitrogens with zero attached hydrogens (tertiary/aromatic N) is 2. The molecule has 0 fully saturated rings. The summed E-state index contributed by atoms with van der Waals surface area (Å²) >= 11 is 2.23. The number of likely N-dealkylation sites (N-methyl/N-ethyl adjacent to an activating group) is 1. The molecule has 4 heteroatoms. The minimum atomic E-state index is 0.134. The second kappa shape index (κ2) is 6.77. The molecule has 0 saturated carbocycles. The van der Waals surface area contributed by atoms with Gasteiger partial charge in [0.1, 0.15) is 0 Å². The van der Waals surface area contributed by atoms with Crippen LogP contribution in [0.4, 0.5) is 0 Å². The number of carbonyl (C=O) groups excluding carboxylic acids is 1. The summed E-state index contributed by atoms with van der Waals surface area (Å²) in [6.07, 6.45) is 1.77. The topological polar surface area (TPSA) is 33.2 Å². The molecular formula is C15H15IN2O. The van der Waals surface area contributed by atoms with Gasteiger partial charge in [-0.2, -0.15) is 0 Å². The number of hydrogen-bond donors (Lipinski definition) is 0. The van der Waals surface area contributed by atoms with Gasteiger partial charge in [-0.05, 0) is 53.9 Å². The first kappa shape index (κ1) is 14.1. The second-order valence-electron chi connectivity index (χ2n) is 4.42. The van der Waals surface area contributed by atoms with Crippen molar-refractivity contribution in [2.45, 2.75) is 6.54 Å². The monoisotopic (exact) mass is 366 g/mol. The summed E-state index contributed by atoms with van der Waals surface area (Å²) in [6, 6.07) is 13.5. The number of aromatic nitrogens is 1. The molecule has 0 amide bonds. The van der Waals surface area contributed by atoms with Crippen molar-refractivity contribution >= 4 is 28.4 Å². The van der Waals surface area contributed by atoms with Gasteiger partial charge in [0, 0.05) is 21.9 Å². The van der Waals surface area contributed by atoms with E-state index in [2.05, 4.69) is 27.6 Å². The van der Waals surface area contributed by atoms with E-state index in [1.165, 1.54) is 0 Å². The molecule has 0 aliphatic heterocycles. The normalized spacial score (nSPS) is 10.7. The lowest BCUT2D eigenvalue weighted by atomic mass is 10.1. The Balaban J connectivity index is 1.93. The Morgan fingerprint density at radius 3 is 2.58 bits per heavy atom. The highest BCUT2D eigenvalue weighted by molar-refractivity contribution is 14.1. The van der Waals surface area contributed by atoms with Crippen molar-refractivity contribution in [2.75, 3.05) is 13.6 Å². The molecule has 3 nitrogen and oxygen atoms in total. The molecule has 2 aromatic rings. The van der Waals surface area contributed by atoms with Crippen molar-refractivity contribution < 1.29 is 4.79 Å². The minimum absolute atomic E-state index is 0.134. The predicted octanol–water partition coefficient (Wildman–Crippen LogP) is 3.00. The van der Waals surface area contributed by atoms with Crippen LogP contribution < -0.4 is 0 Å². The van der Waals surface area contributed by atoms with E-state index >= 15 is 0 Å². The van der Waals surface area contributed by atoms with Crippen LogP contribution in [0.15, 0.2) is 48.7 Å². The van der Waals surface area contributed by atoms with Crippen LogP contribution in [0, 0.1) is 3.57 Å². The number of benzene rings is 1. The number of Topliss-reactive ketones (excluding diaryl/α,β-unsaturated/α-hetero) is 1. The van der Waals surface area contributed by atoms with E-state index in [4.69, 9.17) is 0 Å². The van der Waals surface area contributed by atoms with Crippen molar-refractivity contribution in [2.24, 2.45) is 0 Å². The molecule has 19 heavy (non-hydrogen) atoms. The molecule has 1 aromatic heterocycles. The van der Waals surface area contributed by atoms with E-state index < -0.39 is 0 Å². The number of halogens is 1. The number of carbonyl (C=O) groups is 1. The summed E-state index contributed by atoms with van der Waals surface area (Å²) in [4.78, 5) is 18.3. The average molecular weight is 366 g/mol. The summed E-state index contributed by atoms with van der Waals surface area (Å²) in [5.41, 5.74) is 1.73. The number of hydrogen-bond acceptors (Lipinski definition) is 3. The van der Waals surface area contributed by atoms with Gasteiger partial charge in [0.15, 0.2) is 5.78 Å². The number of ketones is 1. The third kappa shape index (κ3) is 4.40. The Morgan fingerprint density at radius 1 is 1.21 bits per heavy atom. The second-order valence-corrected chi connectivity index (χ2v) is 5.67. The molecule has 1 heterocycles. The Hall–Kier alpha value is -1.27. The van der Waals surface area contributed by atoms with Crippen LogP contribution in [-0.4, -0.2) is 29.3 Å². The molecule has 1 aromatic carbocycles. The van der Waals surface area contributed by atoms with Crippen LogP contribution in [0.2, 0.25) is 0 Å². The summed E-state index contributed by atoms with van der Waals surface area (Å²) in [5.74, 6) is 0.134. The first-order valence-electron chi connectivity index (χ1n) is 6.02. The van der Waals surface area contributed by atoms with Gasteiger partial charge >= 0.3 is 0 Å². The van der Waals surface area contributed by atoms with Gasteiger partial charge in [-0.3, -0.25) is 14.7 Å². The van der Waals surface area contributed by atoms with Crippen LogP contribution >= 0.6 is 22.6 Å². The molecule has 0 aliphatic rings. The fourth-order valence-electron chi connectivity index (χ4n) is 1.80. The van der Waals surface area contributed by atoms with Crippen LogP contribution in [0.5, 0.6) is 0 Å². The van der Waals surface area contributed by atoms with E-state index in [-0.39, 0.29) is 5.78 Å². The molecule has 0 atom stereocenters.